The third-order valence-corrected chi connectivity index (χ3v) is 5.21. The zero-order valence-electron chi connectivity index (χ0n) is 17.3. The van der Waals surface area contributed by atoms with E-state index in [1.54, 1.807) is 0 Å². The maximum atomic E-state index is 12.4. The first-order valence-corrected chi connectivity index (χ1v) is 11.6. The standard InChI is InChI=1S/C21H23N3O7S/c1-32(26,27)31-20-19(29-13-16-10-6-3-7-11-16)18(30-21(20)25)17(23-24-22)14-28-12-15-8-4-2-5-9-15/h2-11,17-20H,12-14H2,1H3/t17-,18-,19+,20+/m1/s1. The number of ether oxygens (including phenoxy) is 3. The van der Waals surface area contributed by atoms with Gasteiger partial charge in [-0.1, -0.05) is 65.8 Å². The van der Waals surface area contributed by atoms with Crippen LogP contribution in [0.2, 0.25) is 0 Å². The number of carbonyl (C=O) groups is 1. The SMILES string of the molecule is CS(=O)(=O)O[C@@H]1C(=O)O[C@H]([C@@H](COCc2ccccc2)N=[N+]=[N-])[C@@H]1OCc1ccccc1. The summed E-state index contributed by atoms with van der Waals surface area (Å²) >= 11 is 0. The van der Waals surface area contributed by atoms with E-state index in [0.29, 0.717) is 0 Å². The smallest absolute Gasteiger partial charge is 0.340 e. The molecule has 1 fully saturated rings. The highest BCUT2D eigenvalue weighted by molar-refractivity contribution is 7.86. The Morgan fingerprint density at radius 2 is 1.66 bits per heavy atom. The molecule has 0 aliphatic carbocycles. The van der Waals surface area contributed by atoms with Crippen molar-refractivity contribution in [3.63, 3.8) is 0 Å². The van der Waals surface area contributed by atoms with Crippen molar-refractivity contribution in [2.45, 2.75) is 37.6 Å². The van der Waals surface area contributed by atoms with Crippen LogP contribution in [0.4, 0.5) is 0 Å². The monoisotopic (exact) mass is 461 g/mol. The Kier molecular flexibility index (Phi) is 8.20. The molecule has 0 saturated carbocycles. The molecule has 32 heavy (non-hydrogen) atoms. The second-order valence-electron chi connectivity index (χ2n) is 7.16. The van der Waals surface area contributed by atoms with Gasteiger partial charge in [0.25, 0.3) is 10.1 Å². The number of cyclic esters (lactones) is 1. The zero-order valence-corrected chi connectivity index (χ0v) is 18.1. The number of hydrogen-bond acceptors (Lipinski definition) is 8. The molecule has 2 aromatic rings. The number of hydrogen-bond donors (Lipinski definition) is 0. The highest BCUT2D eigenvalue weighted by Crippen LogP contribution is 2.28. The van der Waals surface area contributed by atoms with E-state index in [4.69, 9.17) is 23.9 Å². The third-order valence-electron chi connectivity index (χ3n) is 4.65. The van der Waals surface area contributed by atoms with Gasteiger partial charge in [-0.15, -0.1) is 0 Å². The van der Waals surface area contributed by atoms with E-state index >= 15 is 0 Å². The average molecular weight is 461 g/mol. The number of carbonyl (C=O) groups excluding carboxylic acids is 1. The van der Waals surface area contributed by atoms with Gasteiger partial charge in [0, 0.05) is 4.91 Å². The van der Waals surface area contributed by atoms with Crippen LogP contribution in [0.25, 0.3) is 10.4 Å². The molecule has 1 aliphatic rings. The maximum absolute atomic E-state index is 12.4. The summed E-state index contributed by atoms with van der Waals surface area (Å²) in [6, 6.07) is 17.5. The molecule has 4 atom stereocenters. The molecule has 11 heteroatoms. The summed E-state index contributed by atoms with van der Waals surface area (Å²) in [5.41, 5.74) is 10.7. The van der Waals surface area contributed by atoms with E-state index < -0.39 is 40.4 Å². The molecule has 0 aromatic heterocycles. The van der Waals surface area contributed by atoms with Gasteiger partial charge in [-0.3, -0.25) is 4.18 Å². The normalized spacial score (nSPS) is 21.5. The summed E-state index contributed by atoms with van der Waals surface area (Å²) in [4.78, 5) is 15.2. The predicted octanol–water partition coefficient (Wildman–Crippen LogP) is 2.74. The lowest BCUT2D eigenvalue weighted by atomic mass is 10.0. The second kappa shape index (κ2) is 11.1. The molecule has 0 radical (unpaired) electrons. The first kappa shape index (κ1) is 23.7. The van der Waals surface area contributed by atoms with E-state index in [1.807, 2.05) is 60.7 Å². The van der Waals surface area contributed by atoms with Crippen LogP contribution in [0.5, 0.6) is 0 Å². The molecule has 0 N–H and O–H groups in total. The van der Waals surface area contributed by atoms with Crippen molar-refractivity contribution in [2.75, 3.05) is 12.9 Å². The van der Waals surface area contributed by atoms with Crippen molar-refractivity contribution in [1.29, 1.82) is 0 Å². The minimum Gasteiger partial charge on any atom is -0.457 e. The van der Waals surface area contributed by atoms with Gasteiger partial charge in [-0.25, -0.2) is 4.79 Å². The second-order valence-corrected chi connectivity index (χ2v) is 8.76. The quantitative estimate of drug-likeness (QED) is 0.165. The molecule has 0 bridgehead atoms. The molecule has 1 aliphatic heterocycles. The summed E-state index contributed by atoms with van der Waals surface area (Å²) in [6.07, 6.45) is -2.92. The fourth-order valence-corrected chi connectivity index (χ4v) is 3.80. The molecule has 0 unspecified atom stereocenters. The Morgan fingerprint density at radius 1 is 1.06 bits per heavy atom. The Balaban J connectivity index is 1.76. The van der Waals surface area contributed by atoms with Gasteiger partial charge in [0.15, 0.2) is 0 Å². The molecule has 0 amide bonds. The minimum absolute atomic E-state index is 0.0656. The van der Waals surface area contributed by atoms with Crippen molar-refractivity contribution in [2.24, 2.45) is 5.11 Å². The van der Waals surface area contributed by atoms with Crippen molar-refractivity contribution < 1.29 is 31.6 Å². The van der Waals surface area contributed by atoms with Crippen LogP contribution in [-0.4, -0.2) is 51.6 Å². The summed E-state index contributed by atoms with van der Waals surface area (Å²) in [5, 5.41) is 3.70. The lowest BCUT2D eigenvalue weighted by Crippen LogP contribution is -2.43. The van der Waals surface area contributed by atoms with Crippen LogP contribution in [0.1, 0.15) is 11.1 Å². The van der Waals surface area contributed by atoms with Crippen molar-refractivity contribution in [1.82, 2.24) is 0 Å². The van der Waals surface area contributed by atoms with Gasteiger partial charge in [-0.05, 0) is 16.7 Å². The Labute approximate surface area is 185 Å². The maximum Gasteiger partial charge on any atom is 0.340 e. The fraction of sp³-hybridized carbons (Fsp3) is 0.381. The van der Waals surface area contributed by atoms with Crippen molar-refractivity contribution >= 4 is 16.1 Å². The van der Waals surface area contributed by atoms with Crippen LogP contribution in [0, 0.1) is 0 Å². The molecular formula is C21H23N3O7S. The highest BCUT2D eigenvalue weighted by Gasteiger charge is 2.51. The Morgan fingerprint density at radius 3 is 2.22 bits per heavy atom. The first-order valence-electron chi connectivity index (χ1n) is 9.77. The molecule has 1 heterocycles. The van der Waals surface area contributed by atoms with Gasteiger partial charge in [0.05, 0.1) is 26.1 Å². The number of rotatable bonds is 11. The molecule has 2 aromatic carbocycles. The molecule has 1 saturated heterocycles. The van der Waals surface area contributed by atoms with Crippen LogP contribution >= 0.6 is 0 Å². The lowest BCUT2D eigenvalue weighted by Gasteiger charge is -2.25. The van der Waals surface area contributed by atoms with E-state index in [-0.39, 0.29) is 19.8 Å². The fourth-order valence-electron chi connectivity index (χ4n) is 3.24. The van der Waals surface area contributed by atoms with Gasteiger partial charge < -0.3 is 14.2 Å². The van der Waals surface area contributed by atoms with Crippen LogP contribution in [0.3, 0.4) is 0 Å². The lowest BCUT2D eigenvalue weighted by molar-refractivity contribution is -0.147. The van der Waals surface area contributed by atoms with Gasteiger partial charge in [0.1, 0.15) is 18.2 Å². The summed E-state index contributed by atoms with van der Waals surface area (Å²) < 4.78 is 45.2. The van der Waals surface area contributed by atoms with Crippen LogP contribution in [-0.2, 0) is 46.5 Å². The molecule has 0 spiro atoms. The van der Waals surface area contributed by atoms with Crippen LogP contribution in [0.15, 0.2) is 65.8 Å². The Hall–Kier alpha value is -2.95. The summed E-state index contributed by atoms with van der Waals surface area (Å²) in [5.74, 6) is -0.917. The van der Waals surface area contributed by atoms with Gasteiger partial charge >= 0.3 is 5.97 Å². The van der Waals surface area contributed by atoms with E-state index in [9.17, 15) is 13.2 Å². The van der Waals surface area contributed by atoms with Crippen molar-refractivity contribution in [3.05, 3.63) is 82.2 Å². The number of esters is 1. The minimum atomic E-state index is -3.99. The summed E-state index contributed by atoms with van der Waals surface area (Å²) in [6.45, 7) is 0.238. The largest absolute Gasteiger partial charge is 0.457 e. The van der Waals surface area contributed by atoms with Crippen molar-refractivity contribution in [3.8, 4) is 0 Å². The van der Waals surface area contributed by atoms with E-state index in [1.165, 1.54) is 0 Å². The molecule has 170 valence electrons. The van der Waals surface area contributed by atoms with Crippen LogP contribution < -0.4 is 0 Å². The van der Waals surface area contributed by atoms with Gasteiger partial charge in [0.2, 0.25) is 6.10 Å². The average Bonchev–Trinajstić information content (AvgIpc) is 3.07. The van der Waals surface area contributed by atoms with E-state index in [2.05, 4.69) is 10.0 Å². The molecular weight excluding hydrogens is 438 g/mol. The van der Waals surface area contributed by atoms with E-state index in [0.717, 1.165) is 17.4 Å². The number of azide groups is 1. The topological polar surface area (TPSA) is 137 Å². The third kappa shape index (κ3) is 6.78. The highest BCUT2D eigenvalue weighted by atomic mass is 32.2. The first-order chi connectivity index (χ1) is 15.4. The Bertz CT molecular complexity index is 1040. The predicted molar refractivity (Wildman–Crippen MR) is 114 cm³/mol. The summed E-state index contributed by atoms with van der Waals surface area (Å²) in [7, 11) is -3.99. The number of nitrogens with zero attached hydrogens (tertiary/aromatic N) is 3. The number of benzene rings is 2. The zero-order chi connectivity index (χ0) is 23.0. The molecule has 10 nitrogen and oxygen atoms in total. The van der Waals surface area contributed by atoms with Gasteiger partial charge in [-0.2, -0.15) is 8.42 Å². The molecule has 3 rings (SSSR count).